The van der Waals surface area contributed by atoms with Gasteiger partial charge in [-0.1, -0.05) is 6.07 Å². The average Bonchev–Trinajstić information content (AvgIpc) is 2.17. The van der Waals surface area contributed by atoms with Crippen LogP contribution in [0.1, 0.15) is 24.2 Å². The highest BCUT2D eigenvalue weighted by molar-refractivity contribution is 5.94. The number of benzene rings is 1. The number of carbonyl (C=O) groups is 1. The maximum Gasteiger partial charge on any atom is 0.270 e. The molecule has 0 radical (unpaired) electrons. The maximum absolute atomic E-state index is 11.5. The molecule has 0 aliphatic heterocycles. The third-order valence-corrected chi connectivity index (χ3v) is 1.74. The van der Waals surface area contributed by atoms with Crippen molar-refractivity contribution in [3.63, 3.8) is 0 Å². The summed E-state index contributed by atoms with van der Waals surface area (Å²) in [4.78, 5) is 21.4. The van der Waals surface area contributed by atoms with Crippen molar-refractivity contribution in [2.75, 3.05) is 0 Å². The molecule has 1 amide bonds. The van der Waals surface area contributed by atoms with E-state index in [2.05, 4.69) is 5.32 Å². The second-order valence-electron chi connectivity index (χ2n) is 3.44. The number of nitro groups is 1. The summed E-state index contributed by atoms with van der Waals surface area (Å²) < 4.78 is 0. The van der Waals surface area contributed by atoms with Gasteiger partial charge in [-0.25, -0.2) is 0 Å². The van der Waals surface area contributed by atoms with Crippen LogP contribution < -0.4 is 5.32 Å². The number of nitro benzene ring substituents is 1. The first-order valence-electron chi connectivity index (χ1n) is 4.56. The van der Waals surface area contributed by atoms with Crippen LogP contribution >= 0.6 is 0 Å². The first-order valence-corrected chi connectivity index (χ1v) is 4.56. The summed E-state index contributed by atoms with van der Waals surface area (Å²) in [5, 5.41) is 13.1. The van der Waals surface area contributed by atoms with Crippen molar-refractivity contribution in [1.29, 1.82) is 0 Å². The highest BCUT2D eigenvalue weighted by atomic mass is 16.6. The minimum Gasteiger partial charge on any atom is -0.350 e. The van der Waals surface area contributed by atoms with Crippen LogP contribution in [-0.2, 0) is 0 Å². The summed E-state index contributed by atoms with van der Waals surface area (Å²) in [6, 6.07) is 5.67. The minimum absolute atomic E-state index is 0.0109. The number of rotatable bonds is 3. The normalized spacial score (nSPS) is 10.1. The van der Waals surface area contributed by atoms with Gasteiger partial charge in [-0.3, -0.25) is 14.9 Å². The monoisotopic (exact) mass is 208 g/mol. The molecule has 0 aliphatic carbocycles. The van der Waals surface area contributed by atoms with E-state index in [4.69, 9.17) is 0 Å². The standard InChI is InChI=1S/C10H12N2O3/c1-7(2)11-10(13)8-4-3-5-9(6-8)12(14)15/h3-7H,1-2H3,(H,11,13). The van der Waals surface area contributed by atoms with Crippen molar-refractivity contribution >= 4 is 11.6 Å². The zero-order valence-corrected chi connectivity index (χ0v) is 8.56. The Morgan fingerprint density at radius 1 is 1.47 bits per heavy atom. The van der Waals surface area contributed by atoms with Gasteiger partial charge in [0.1, 0.15) is 0 Å². The van der Waals surface area contributed by atoms with Crippen LogP contribution in [0.4, 0.5) is 5.69 Å². The van der Waals surface area contributed by atoms with Crippen LogP contribution in [0, 0.1) is 10.1 Å². The third-order valence-electron chi connectivity index (χ3n) is 1.74. The summed E-state index contributed by atoms with van der Waals surface area (Å²) >= 11 is 0. The summed E-state index contributed by atoms with van der Waals surface area (Å²) in [7, 11) is 0. The molecular formula is C10H12N2O3. The summed E-state index contributed by atoms with van der Waals surface area (Å²) in [5.74, 6) is -0.297. The van der Waals surface area contributed by atoms with Crippen LogP contribution in [-0.4, -0.2) is 16.9 Å². The molecule has 1 N–H and O–H groups in total. The van der Waals surface area contributed by atoms with Gasteiger partial charge in [0.15, 0.2) is 0 Å². The fourth-order valence-corrected chi connectivity index (χ4v) is 1.11. The third kappa shape index (κ3) is 3.05. The summed E-state index contributed by atoms with van der Waals surface area (Å²) in [5.41, 5.74) is 0.226. The van der Waals surface area contributed by atoms with Crippen molar-refractivity contribution in [2.24, 2.45) is 0 Å². The molecule has 15 heavy (non-hydrogen) atoms. The van der Waals surface area contributed by atoms with Crippen molar-refractivity contribution in [1.82, 2.24) is 5.32 Å². The quantitative estimate of drug-likeness (QED) is 0.607. The molecule has 1 aromatic rings. The Morgan fingerprint density at radius 3 is 2.67 bits per heavy atom. The van der Waals surface area contributed by atoms with E-state index in [0.717, 1.165) is 0 Å². The molecule has 1 aromatic carbocycles. The first kappa shape index (κ1) is 11.2. The smallest absolute Gasteiger partial charge is 0.270 e. The van der Waals surface area contributed by atoms with E-state index < -0.39 is 4.92 Å². The van der Waals surface area contributed by atoms with Crippen LogP contribution in [0.25, 0.3) is 0 Å². The fourth-order valence-electron chi connectivity index (χ4n) is 1.11. The SMILES string of the molecule is CC(C)NC(=O)c1cccc([N+](=O)[O-])c1. The zero-order chi connectivity index (χ0) is 11.4. The highest BCUT2D eigenvalue weighted by Gasteiger charge is 2.11. The van der Waals surface area contributed by atoms with E-state index in [1.807, 2.05) is 13.8 Å². The van der Waals surface area contributed by atoms with Gasteiger partial charge in [-0.05, 0) is 19.9 Å². The molecule has 80 valence electrons. The predicted molar refractivity (Wildman–Crippen MR) is 55.7 cm³/mol. The molecule has 0 atom stereocenters. The van der Waals surface area contributed by atoms with Crippen LogP contribution in [0.5, 0.6) is 0 Å². The Balaban J connectivity index is 2.90. The van der Waals surface area contributed by atoms with E-state index in [1.54, 1.807) is 6.07 Å². The van der Waals surface area contributed by atoms with Gasteiger partial charge in [0.05, 0.1) is 4.92 Å². The van der Waals surface area contributed by atoms with Crippen molar-refractivity contribution < 1.29 is 9.72 Å². The van der Waals surface area contributed by atoms with Crippen LogP contribution in [0.2, 0.25) is 0 Å². The molecule has 5 nitrogen and oxygen atoms in total. The second-order valence-corrected chi connectivity index (χ2v) is 3.44. The lowest BCUT2D eigenvalue weighted by atomic mass is 10.2. The second kappa shape index (κ2) is 4.54. The largest absolute Gasteiger partial charge is 0.350 e. The molecule has 0 spiro atoms. The predicted octanol–water partition coefficient (Wildman–Crippen LogP) is 1.73. The van der Waals surface area contributed by atoms with Gasteiger partial charge in [0.2, 0.25) is 0 Å². The van der Waals surface area contributed by atoms with E-state index in [1.165, 1.54) is 18.2 Å². The van der Waals surface area contributed by atoms with Crippen molar-refractivity contribution in [3.05, 3.63) is 39.9 Å². The van der Waals surface area contributed by atoms with Gasteiger partial charge < -0.3 is 5.32 Å². The maximum atomic E-state index is 11.5. The van der Waals surface area contributed by atoms with Crippen LogP contribution in [0.15, 0.2) is 24.3 Å². The summed E-state index contributed by atoms with van der Waals surface area (Å²) in [6.07, 6.45) is 0. The van der Waals surface area contributed by atoms with Gasteiger partial charge in [0.25, 0.3) is 11.6 Å². The number of amides is 1. The molecule has 5 heteroatoms. The number of hydrogen-bond acceptors (Lipinski definition) is 3. The number of nitrogens with zero attached hydrogens (tertiary/aromatic N) is 1. The van der Waals surface area contributed by atoms with Gasteiger partial charge in [-0.2, -0.15) is 0 Å². The molecule has 0 aromatic heterocycles. The molecule has 1 rings (SSSR count). The van der Waals surface area contributed by atoms with E-state index in [9.17, 15) is 14.9 Å². The summed E-state index contributed by atoms with van der Waals surface area (Å²) in [6.45, 7) is 3.66. The lowest BCUT2D eigenvalue weighted by Crippen LogP contribution is -2.30. The fraction of sp³-hybridized carbons (Fsp3) is 0.300. The van der Waals surface area contributed by atoms with Gasteiger partial charge in [-0.15, -0.1) is 0 Å². The molecular weight excluding hydrogens is 196 g/mol. The van der Waals surface area contributed by atoms with Crippen molar-refractivity contribution in [3.8, 4) is 0 Å². The molecule has 0 bridgehead atoms. The number of carbonyl (C=O) groups excluding carboxylic acids is 1. The Kier molecular flexibility index (Phi) is 3.38. The van der Waals surface area contributed by atoms with E-state index in [-0.39, 0.29) is 17.6 Å². The number of non-ortho nitro benzene ring substituents is 1. The number of nitrogens with one attached hydrogen (secondary N) is 1. The Hall–Kier alpha value is -1.91. The lowest BCUT2D eigenvalue weighted by molar-refractivity contribution is -0.384. The highest BCUT2D eigenvalue weighted by Crippen LogP contribution is 2.12. The van der Waals surface area contributed by atoms with E-state index in [0.29, 0.717) is 5.56 Å². The topological polar surface area (TPSA) is 72.2 Å². The Bertz CT molecular complexity index is 388. The first-order chi connectivity index (χ1) is 7.00. The molecule has 0 saturated carbocycles. The van der Waals surface area contributed by atoms with Gasteiger partial charge in [0, 0.05) is 23.7 Å². The number of hydrogen-bond donors (Lipinski definition) is 1. The zero-order valence-electron chi connectivity index (χ0n) is 8.56. The molecule has 0 saturated heterocycles. The minimum atomic E-state index is -0.522. The molecule has 0 heterocycles. The van der Waals surface area contributed by atoms with Gasteiger partial charge >= 0.3 is 0 Å². The lowest BCUT2D eigenvalue weighted by Gasteiger charge is -2.07. The molecule has 0 unspecified atom stereocenters. The Labute approximate surface area is 87.3 Å². The van der Waals surface area contributed by atoms with E-state index >= 15 is 0 Å². The van der Waals surface area contributed by atoms with Crippen molar-refractivity contribution in [2.45, 2.75) is 19.9 Å². The molecule has 0 fully saturated rings. The Morgan fingerprint density at radius 2 is 2.13 bits per heavy atom. The van der Waals surface area contributed by atoms with Crippen LogP contribution in [0.3, 0.4) is 0 Å². The molecule has 0 aliphatic rings. The average molecular weight is 208 g/mol.